The molecule has 118 valence electrons. The van der Waals surface area contributed by atoms with Gasteiger partial charge in [-0.1, -0.05) is 28.1 Å². The third-order valence-electron chi connectivity index (χ3n) is 3.19. The number of rotatable bonds is 4. The van der Waals surface area contributed by atoms with Crippen LogP contribution in [0, 0.1) is 5.82 Å². The minimum atomic E-state index is -0.487. The Kier molecular flexibility index (Phi) is 4.62. The van der Waals surface area contributed by atoms with Gasteiger partial charge in [-0.15, -0.1) is 0 Å². The molecule has 0 atom stereocenters. The lowest BCUT2D eigenvalue weighted by molar-refractivity contribution is -0.138. The Hall–Kier alpha value is -2.34. The van der Waals surface area contributed by atoms with Crippen LogP contribution in [-0.4, -0.2) is 12.8 Å². The molecule has 1 aliphatic heterocycles. The molecule has 4 nitrogen and oxygen atoms in total. The zero-order valence-electron chi connectivity index (χ0n) is 11.9. The maximum absolute atomic E-state index is 13.0. The second-order valence-corrected chi connectivity index (χ2v) is 5.64. The van der Waals surface area contributed by atoms with Crippen molar-refractivity contribution in [2.24, 2.45) is 0 Å². The van der Waals surface area contributed by atoms with Crippen LogP contribution in [0.3, 0.4) is 0 Å². The van der Waals surface area contributed by atoms with E-state index in [0.717, 1.165) is 5.56 Å². The van der Waals surface area contributed by atoms with Gasteiger partial charge in [-0.25, -0.2) is 9.18 Å². The summed E-state index contributed by atoms with van der Waals surface area (Å²) in [6.07, 6.45) is 2.96. The molecule has 3 rings (SSSR count). The largest absolute Gasteiger partial charge is 0.458 e. The van der Waals surface area contributed by atoms with Gasteiger partial charge in [0.05, 0.1) is 0 Å². The van der Waals surface area contributed by atoms with Crippen molar-refractivity contribution in [3.8, 4) is 11.5 Å². The van der Waals surface area contributed by atoms with Gasteiger partial charge >= 0.3 is 5.97 Å². The van der Waals surface area contributed by atoms with Gasteiger partial charge < -0.3 is 14.2 Å². The molecule has 1 heterocycles. The average Bonchev–Trinajstić information content (AvgIpc) is 2.99. The molecule has 0 saturated heterocycles. The SMILES string of the molecule is O=C(/C=C/c1ccc2c(c1)OCO2)OCc1ccc(F)cc1Br. The Bertz CT molecular complexity index is 773. The number of carbonyl (C=O) groups excluding carboxylic acids is 1. The Morgan fingerprint density at radius 1 is 1.22 bits per heavy atom. The summed E-state index contributed by atoms with van der Waals surface area (Å²) in [5.41, 5.74) is 1.49. The lowest BCUT2D eigenvalue weighted by Crippen LogP contribution is -2.01. The van der Waals surface area contributed by atoms with Crippen molar-refractivity contribution in [2.75, 3.05) is 6.79 Å². The van der Waals surface area contributed by atoms with Crippen LogP contribution in [-0.2, 0) is 16.1 Å². The van der Waals surface area contributed by atoms with Gasteiger partial charge in [0.1, 0.15) is 12.4 Å². The lowest BCUT2D eigenvalue weighted by Gasteiger charge is -2.05. The summed E-state index contributed by atoms with van der Waals surface area (Å²) in [4.78, 5) is 11.7. The lowest BCUT2D eigenvalue weighted by atomic mass is 10.2. The van der Waals surface area contributed by atoms with E-state index in [0.29, 0.717) is 21.5 Å². The maximum atomic E-state index is 13.0. The second-order valence-electron chi connectivity index (χ2n) is 4.79. The monoisotopic (exact) mass is 378 g/mol. The minimum absolute atomic E-state index is 0.0607. The third kappa shape index (κ3) is 3.90. The van der Waals surface area contributed by atoms with Crippen molar-refractivity contribution in [1.82, 2.24) is 0 Å². The zero-order valence-corrected chi connectivity index (χ0v) is 13.5. The number of fused-ring (bicyclic) bond motifs is 1. The van der Waals surface area contributed by atoms with Crippen molar-refractivity contribution < 1.29 is 23.4 Å². The first-order valence-corrected chi connectivity index (χ1v) is 7.59. The minimum Gasteiger partial charge on any atom is -0.458 e. The number of hydrogen-bond donors (Lipinski definition) is 0. The highest BCUT2D eigenvalue weighted by Gasteiger charge is 2.12. The molecule has 0 saturated carbocycles. The number of hydrogen-bond acceptors (Lipinski definition) is 4. The highest BCUT2D eigenvalue weighted by Crippen LogP contribution is 2.32. The van der Waals surface area contributed by atoms with E-state index in [1.807, 2.05) is 6.07 Å². The molecule has 6 heteroatoms. The van der Waals surface area contributed by atoms with E-state index in [4.69, 9.17) is 14.2 Å². The fourth-order valence-electron chi connectivity index (χ4n) is 2.02. The van der Waals surface area contributed by atoms with E-state index < -0.39 is 5.97 Å². The van der Waals surface area contributed by atoms with Gasteiger partial charge in [-0.05, 0) is 35.9 Å². The molecule has 0 aliphatic carbocycles. The van der Waals surface area contributed by atoms with Crippen LogP contribution in [0.5, 0.6) is 11.5 Å². The molecular formula is C17H12BrFO4. The van der Waals surface area contributed by atoms with Crippen molar-refractivity contribution in [1.29, 1.82) is 0 Å². The standard InChI is InChI=1S/C17H12BrFO4/c18-14-8-13(19)4-3-12(14)9-21-17(20)6-2-11-1-5-15-16(7-11)23-10-22-15/h1-8H,9-10H2/b6-2+. The van der Waals surface area contributed by atoms with Crippen LogP contribution in [0.25, 0.3) is 6.08 Å². The normalized spacial score (nSPS) is 12.6. The zero-order chi connectivity index (χ0) is 16.2. The van der Waals surface area contributed by atoms with Gasteiger partial charge in [0.15, 0.2) is 11.5 Å². The second kappa shape index (κ2) is 6.83. The van der Waals surface area contributed by atoms with Crippen LogP contribution in [0.15, 0.2) is 46.9 Å². The Morgan fingerprint density at radius 2 is 2.04 bits per heavy atom. The van der Waals surface area contributed by atoms with Crippen LogP contribution < -0.4 is 9.47 Å². The van der Waals surface area contributed by atoms with Crippen molar-refractivity contribution in [3.05, 3.63) is 63.9 Å². The molecule has 0 bridgehead atoms. The van der Waals surface area contributed by atoms with E-state index in [-0.39, 0.29) is 19.2 Å². The maximum Gasteiger partial charge on any atom is 0.331 e. The van der Waals surface area contributed by atoms with Crippen molar-refractivity contribution >= 4 is 28.0 Å². The van der Waals surface area contributed by atoms with Gasteiger partial charge in [-0.3, -0.25) is 0 Å². The molecule has 1 aliphatic rings. The Morgan fingerprint density at radius 3 is 2.87 bits per heavy atom. The van der Waals surface area contributed by atoms with Crippen LogP contribution in [0.1, 0.15) is 11.1 Å². The van der Waals surface area contributed by atoms with E-state index in [1.54, 1.807) is 24.3 Å². The molecule has 2 aromatic carbocycles. The first-order valence-electron chi connectivity index (χ1n) is 6.80. The molecule has 23 heavy (non-hydrogen) atoms. The van der Waals surface area contributed by atoms with Gasteiger partial charge in [0.2, 0.25) is 6.79 Å². The van der Waals surface area contributed by atoms with Crippen LogP contribution in [0.4, 0.5) is 4.39 Å². The summed E-state index contributed by atoms with van der Waals surface area (Å²) in [5, 5.41) is 0. The molecule has 2 aromatic rings. The highest BCUT2D eigenvalue weighted by atomic mass is 79.9. The molecule has 0 spiro atoms. The average molecular weight is 379 g/mol. The van der Waals surface area contributed by atoms with Gasteiger partial charge in [0, 0.05) is 16.1 Å². The van der Waals surface area contributed by atoms with E-state index >= 15 is 0 Å². The molecule has 0 unspecified atom stereocenters. The van der Waals surface area contributed by atoms with E-state index in [9.17, 15) is 9.18 Å². The predicted molar refractivity (Wildman–Crippen MR) is 85.5 cm³/mol. The summed E-state index contributed by atoms with van der Waals surface area (Å²) >= 11 is 3.23. The van der Waals surface area contributed by atoms with Gasteiger partial charge in [-0.2, -0.15) is 0 Å². The molecule has 0 aromatic heterocycles. The number of benzene rings is 2. The number of esters is 1. The smallest absolute Gasteiger partial charge is 0.331 e. The van der Waals surface area contributed by atoms with Crippen molar-refractivity contribution in [3.63, 3.8) is 0 Å². The van der Waals surface area contributed by atoms with Gasteiger partial charge in [0.25, 0.3) is 0 Å². The summed E-state index contributed by atoms with van der Waals surface area (Å²) in [6, 6.07) is 9.58. The van der Waals surface area contributed by atoms with E-state index in [1.165, 1.54) is 18.2 Å². The Balaban J connectivity index is 1.58. The molecule has 0 amide bonds. The number of halogens is 2. The fourth-order valence-corrected chi connectivity index (χ4v) is 2.48. The number of ether oxygens (including phenoxy) is 3. The summed E-state index contributed by atoms with van der Waals surface area (Å²) in [6.45, 7) is 0.266. The fraction of sp³-hybridized carbons (Fsp3) is 0.118. The topological polar surface area (TPSA) is 44.8 Å². The first-order chi connectivity index (χ1) is 11.1. The molecule has 0 fully saturated rings. The van der Waals surface area contributed by atoms with E-state index in [2.05, 4.69) is 15.9 Å². The Labute approximate surface area is 140 Å². The third-order valence-corrected chi connectivity index (χ3v) is 3.93. The number of carbonyl (C=O) groups is 1. The molecular weight excluding hydrogens is 367 g/mol. The predicted octanol–water partition coefficient (Wildman–Crippen LogP) is 4.07. The molecule has 0 N–H and O–H groups in total. The summed E-state index contributed by atoms with van der Waals surface area (Å²) in [7, 11) is 0. The van der Waals surface area contributed by atoms with Crippen molar-refractivity contribution in [2.45, 2.75) is 6.61 Å². The van der Waals surface area contributed by atoms with Crippen LogP contribution in [0.2, 0.25) is 0 Å². The quantitative estimate of drug-likeness (QED) is 0.594. The molecule has 0 radical (unpaired) electrons. The summed E-state index contributed by atoms with van der Waals surface area (Å²) in [5.74, 6) is 0.496. The van der Waals surface area contributed by atoms with Crippen LogP contribution >= 0.6 is 15.9 Å². The highest BCUT2D eigenvalue weighted by molar-refractivity contribution is 9.10. The first kappa shape index (κ1) is 15.6. The summed E-state index contributed by atoms with van der Waals surface area (Å²) < 4.78 is 29.2.